The Labute approximate surface area is 130 Å². The van der Waals surface area contributed by atoms with E-state index in [1.807, 2.05) is 24.3 Å². The van der Waals surface area contributed by atoms with Gasteiger partial charge in [-0.25, -0.2) is 0 Å². The number of para-hydroxylation sites is 2. The molecule has 0 spiro atoms. The molecule has 0 aliphatic carbocycles. The van der Waals surface area contributed by atoms with Gasteiger partial charge in [-0.2, -0.15) is 17.0 Å². The summed E-state index contributed by atoms with van der Waals surface area (Å²) in [6, 6.07) is 7.38. The van der Waals surface area contributed by atoms with Gasteiger partial charge in [0.25, 0.3) is 10.2 Å². The summed E-state index contributed by atoms with van der Waals surface area (Å²) in [5.41, 5.74) is 0. The minimum atomic E-state index is -3.49. The van der Waals surface area contributed by atoms with E-state index in [1.165, 1.54) is 8.61 Å². The topological polar surface area (TPSA) is 68.3 Å². The highest BCUT2D eigenvalue weighted by Gasteiger charge is 2.32. The standard InChI is InChI=1S/C14H20N2O5S/c1-15(22(17,18)16-6-8-19-9-7-16)10-12-11-20-13-4-2-3-5-14(13)21-12/h2-5,12H,6-11H2,1H3. The van der Waals surface area contributed by atoms with Crippen LogP contribution >= 0.6 is 0 Å². The number of benzene rings is 1. The van der Waals surface area contributed by atoms with Gasteiger partial charge in [-0.3, -0.25) is 0 Å². The molecule has 1 aromatic carbocycles. The van der Waals surface area contributed by atoms with Crippen LogP contribution in [-0.2, 0) is 14.9 Å². The number of likely N-dealkylation sites (N-methyl/N-ethyl adjacent to an activating group) is 1. The first-order chi connectivity index (χ1) is 10.6. The van der Waals surface area contributed by atoms with Crippen molar-refractivity contribution in [3.8, 4) is 11.5 Å². The van der Waals surface area contributed by atoms with E-state index in [9.17, 15) is 8.42 Å². The molecule has 2 aliphatic heterocycles. The number of nitrogens with zero attached hydrogens (tertiary/aromatic N) is 2. The zero-order valence-corrected chi connectivity index (χ0v) is 13.3. The second kappa shape index (κ2) is 6.41. The van der Waals surface area contributed by atoms with Crippen molar-refractivity contribution in [2.75, 3.05) is 46.5 Å². The van der Waals surface area contributed by atoms with Gasteiger partial charge in [0.2, 0.25) is 0 Å². The molecule has 0 N–H and O–H groups in total. The van der Waals surface area contributed by atoms with Crippen LogP contribution in [0, 0.1) is 0 Å². The molecule has 3 rings (SSSR count). The molecule has 122 valence electrons. The molecule has 0 saturated carbocycles. The van der Waals surface area contributed by atoms with E-state index >= 15 is 0 Å². The van der Waals surface area contributed by atoms with E-state index in [4.69, 9.17) is 14.2 Å². The van der Waals surface area contributed by atoms with Crippen molar-refractivity contribution in [1.29, 1.82) is 0 Å². The molecule has 1 saturated heterocycles. The summed E-state index contributed by atoms with van der Waals surface area (Å²) in [5.74, 6) is 1.34. The number of morpholine rings is 1. The Kier molecular flexibility index (Phi) is 4.53. The molecule has 1 atom stereocenters. The second-order valence-electron chi connectivity index (χ2n) is 5.30. The number of ether oxygens (including phenoxy) is 3. The highest BCUT2D eigenvalue weighted by Crippen LogP contribution is 2.31. The third-order valence-corrected chi connectivity index (χ3v) is 5.67. The van der Waals surface area contributed by atoms with Crippen molar-refractivity contribution < 1.29 is 22.6 Å². The third-order valence-electron chi connectivity index (χ3n) is 3.72. The molecular formula is C14H20N2O5S. The molecule has 1 unspecified atom stereocenters. The Hall–Kier alpha value is -1.35. The Morgan fingerprint density at radius 1 is 1.23 bits per heavy atom. The number of rotatable bonds is 4. The Morgan fingerprint density at radius 2 is 1.91 bits per heavy atom. The monoisotopic (exact) mass is 328 g/mol. The fraction of sp³-hybridized carbons (Fsp3) is 0.571. The summed E-state index contributed by atoms with van der Waals surface area (Å²) in [4.78, 5) is 0. The molecule has 0 aromatic heterocycles. The average molecular weight is 328 g/mol. The van der Waals surface area contributed by atoms with Gasteiger partial charge in [0.05, 0.1) is 19.8 Å². The molecule has 0 bridgehead atoms. The summed E-state index contributed by atoms with van der Waals surface area (Å²) in [7, 11) is -1.92. The zero-order chi connectivity index (χ0) is 15.6. The van der Waals surface area contributed by atoms with E-state index in [2.05, 4.69) is 0 Å². The SMILES string of the molecule is CN(CC1COc2ccccc2O1)S(=O)(=O)N1CCOCC1. The zero-order valence-electron chi connectivity index (χ0n) is 12.5. The van der Waals surface area contributed by atoms with E-state index < -0.39 is 10.2 Å². The molecule has 7 nitrogen and oxygen atoms in total. The Bertz CT molecular complexity index is 615. The number of hydrogen-bond donors (Lipinski definition) is 0. The van der Waals surface area contributed by atoms with Crippen molar-refractivity contribution in [2.45, 2.75) is 6.10 Å². The number of hydrogen-bond acceptors (Lipinski definition) is 5. The van der Waals surface area contributed by atoms with E-state index in [-0.39, 0.29) is 12.6 Å². The van der Waals surface area contributed by atoms with Gasteiger partial charge in [-0.1, -0.05) is 12.1 Å². The quantitative estimate of drug-likeness (QED) is 0.797. The molecule has 1 fully saturated rings. The normalized spacial score (nSPS) is 22.7. The predicted molar refractivity (Wildman–Crippen MR) is 80.3 cm³/mol. The summed E-state index contributed by atoms with van der Waals surface area (Å²) in [6.07, 6.45) is -0.323. The minimum absolute atomic E-state index is 0.244. The summed E-state index contributed by atoms with van der Waals surface area (Å²) < 4.78 is 44.4. The highest BCUT2D eigenvalue weighted by atomic mass is 32.2. The first-order valence-electron chi connectivity index (χ1n) is 7.25. The minimum Gasteiger partial charge on any atom is -0.486 e. The lowest BCUT2D eigenvalue weighted by Crippen LogP contribution is -2.50. The van der Waals surface area contributed by atoms with Gasteiger partial charge in [0.15, 0.2) is 11.5 Å². The fourth-order valence-electron chi connectivity index (χ4n) is 2.51. The molecular weight excluding hydrogens is 308 g/mol. The van der Waals surface area contributed by atoms with Gasteiger partial charge in [0, 0.05) is 20.1 Å². The molecule has 0 radical (unpaired) electrons. The van der Waals surface area contributed by atoms with Crippen molar-refractivity contribution in [3.63, 3.8) is 0 Å². The smallest absolute Gasteiger partial charge is 0.282 e. The van der Waals surface area contributed by atoms with Crippen molar-refractivity contribution >= 4 is 10.2 Å². The van der Waals surface area contributed by atoms with Crippen LogP contribution < -0.4 is 9.47 Å². The first-order valence-corrected chi connectivity index (χ1v) is 8.65. The first kappa shape index (κ1) is 15.5. The van der Waals surface area contributed by atoms with Crippen molar-refractivity contribution in [2.24, 2.45) is 0 Å². The van der Waals surface area contributed by atoms with Gasteiger partial charge in [0.1, 0.15) is 12.7 Å². The van der Waals surface area contributed by atoms with Crippen LogP contribution in [0.4, 0.5) is 0 Å². The number of fused-ring (bicyclic) bond motifs is 1. The van der Waals surface area contributed by atoms with Gasteiger partial charge in [-0.15, -0.1) is 0 Å². The van der Waals surface area contributed by atoms with E-state index in [0.29, 0.717) is 44.4 Å². The summed E-state index contributed by atoms with van der Waals surface area (Å²) in [5, 5.41) is 0. The van der Waals surface area contributed by atoms with Crippen LogP contribution in [0.2, 0.25) is 0 Å². The van der Waals surface area contributed by atoms with Gasteiger partial charge in [-0.05, 0) is 12.1 Å². The largest absolute Gasteiger partial charge is 0.486 e. The van der Waals surface area contributed by atoms with E-state index in [0.717, 1.165) is 0 Å². The van der Waals surface area contributed by atoms with Gasteiger partial charge >= 0.3 is 0 Å². The van der Waals surface area contributed by atoms with Crippen LogP contribution in [-0.4, -0.2) is 69.6 Å². The molecule has 0 amide bonds. The van der Waals surface area contributed by atoms with Crippen LogP contribution in [0.3, 0.4) is 0 Å². The van der Waals surface area contributed by atoms with Crippen LogP contribution in [0.1, 0.15) is 0 Å². The lowest BCUT2D eigenvalue weighted by Gasteiger charge is -2.33. The van der Waals surface area contributed by atoms with Crippen LogP contribution in [0.5, 0.6) is 11.5 Å². The fourth-order valence-corrected chi connectivity index (χ4v) is 3.87. The maximum Gasteiger partial charge on any atom is 0.282 e. The average Bonchev–Trinajstić information content (AvgIpc) is 2.55. The molecule has 8 heteroatoms. The Morgan fingerprint density at radius 3 is 2.64 bits per heavy atom. The lowest BCUT2D eigenvalue weighted by molar-refractivity contribution is 0.0642. The van der Waals surface area contributed by atoms with Crippen LogP contribution in [0.25, 0.3) is 0 Å². The second-order valence-corrected chi connectivity index (χ2v) is 7.33. The predicted octanol–water partition coefficient (Wildman–Crippen LogP) is 0.335. The molecule has 22 heavy (non-hydrogen) atoms. The van der Waals surface area contributed by atoms with E-state index in [1.54, 1.807) is 7.05 Å². The maximum atomic E-state index is 12.5. The molecule has 1 aromatic rings. The van der Waals surface area contributed by atoms with Crippen molar-refractivity contribution in [1.82, 2.24) is 8.61 Å². The maximum absolute atomic E-state index is 12.5. The van der Waals surface area contributed by atoms with Gasteiger partial charge < -0.3 is 14.2 Å². The van der Waals surface area contributed by atoms with Crippen molar-refractivity contribution in [3.05, 3.63) is 24.3 Å². The Balaban J connectivity index is 1.63. The highest BCUT2D eigenvalue weighted by molar-refractivity contribution is 7.86. The van der Waals surface area contributed by atoms with Crippen LogP contribution in [0.15, 0.2) is 24.3 Å². The summed E-state index contributed by atoms with van der Waals surface area (Å²) in [6.45, 7) is 2.22. The summed E-state index contributed by atoms with van der Waals surface area (Å²) >= 11 is 0. The lowest BCUT2D eigenvalue weighted by atomic mass is 10.2. The molecule has 2 heterocycles. The third kappa shape index (κ3) is 3.19. The molecule has 2 aliphatic rings.